The number of hydrogen-bond donors (Lipinski definition) is 2. The molecule has 0 aliphatic carbocycles. The van der Waals surface area contributed by atoms with Crippen molar-refractivity contribution in [3.8, 4) is 0 Å². The maximum absolute atomic E-state index is 12.1. The average Bonchev–Trinajstić information content (AvgIpc) is 2.69. The highest BCUT2D eigenvalue weighted by Crippen LogP contribution is 2.21. The fourth-order valence-corrected chi connectivity index (χ4v) is 3.13. The molecule has 8 nitrogen and oxygen atoms in total. The Morgan fingerprint density at radius 2 is 1.83 bits per heavy atom. The Bertz CT molecular complexity index is 682. The van der Waals surface area contributed by atoms with Gasteiger partial charge in [-0.3, -0.25) is 0 Å². The number of rotatable bonds is 7. The molecule has 0 aromatic heterocycles. The van der Waals surface area contributed by atoms with Gasteiger partial charge in [-0.25, -0.2) is 9.59 Å². The van der Waals surface area contributed by atoms with Crippen molar-refractivity contribution in [2.24, 2.45) is 0 Å². The van der Waals surface area contributed by atoms with E-state index in [9.17, 15) is 14.7 Å². The Balaban J connectivity index is 1.65. The van der Waals surface area contributed by atoms with Crippen molar-refractivity contribution in [3.05, 3.63) is 35.9 Å². The fourth-order valence-electron chi connectivity index (χ4n) is 3.13. The van der Waals surface area contributed by atoms with Gasteiger partial charge < -0.3 is 29.7 Å². The van der Waals surface area contributed by atoms with Crippen LogP contribution in [-0.2, 0) is 16.1 Å². The van der Waals surface area contributed by atoms with Gasteiger partial charge in [-0.2, -0.15) is 0 Å². The van der Waals surface area contributed by atoms with Gasteiger partial charge in [-0.05, 0) is 39.2 Å². The summed E-state index contributed by atoms with van der Waals surface area (Å²) >= 11 is 0. The van der Waals surface area contributed by atoms with Crippen molar-refractivity contribution in [2.45, 2.75) is 51.4 Å². The van der Waals surface area contributed by atoms with Crippen LogP contribution in [-0.4, -0.2) is 78.1 Å². The molecular formula is C22H35N3O5. The van der Waals surface area contributed by atoms with Gasteiger partial charge in [0.1, 0.15) is 12.2 Å². The number of piperidine rings is 1. The van der Waals surface area contributed by atoms with E-state index in [0.717, 1.165) is 5.56 Å². The summed E-state index contributed by atoms with van der Waals surface area (Å²) in [7, 11) is 1.72. The third-order valence-corrected chi connectivity index (χ3v) is 5.02. The highest BCUT2D eigenvalue weighted by molar-refractivity contribution is 5.68. The Morgan fingerprint density at radius 1 is 1.20 bits per heavy atom. The molecule has 8 heteroatoms. The predicted octanol–water partition coefficient (Wildman–Crippen LogP) is 2.61. The van der Waals surface area contributed by atoms with Crippen molar-refractivity contribution in [2.75, 3.05) is 39.8 Å². The number of aliphatic hydroxyl groups is 1. The van der Waals surface area contributed by atoms with Crippen LogP contribution < -0.4 is 5.32 Å². The smallest absolute Gasteiger partial charge is 0.409 e. The fraction of sp³-hybridized carbons (Fsp3) is 0.636. The number of hydrogen-bond acceptors (Lipinski definition) is 6. The molecule has 1 fully saturated rings. The first-order valence-electron chi connectivity index (χ1n) is 10.4. The van der Waals surface area contributed by atoms with Crippen LogP contribution in [0.2, 0.25) is 0 Å². The first-order valence-corrected chi connectivity index (χ1v) is 10.4. The molecule has 1 aliphatic rings. The first kappa shape index (κ1) is 24.0. The van der Waals surface area contributed by atoms with Crippen LogP contribution in [0, 0.1) is 0 Å². The lowest BCUT2D eigenvalue weighted by Gasteiger charge is -2.38. The summed E-state index contributed by atoms with van der Waals surface area (Å²) in [5.41, 5.74) is -0.548. The Kier molecular flexibility index (Phi) is 8.49. The quantitative estimate of drug-likeness (QED) is 0.703. The van der Waals surface area contributed by atoms with Gasteiger partial charge in [-0.15, -0.1) is 0 Å². The van der Waals surface area contributed by atoms with Crippen LogP contribution in [0.1, 0.15) is 39.2 Å². The van der Waals surface area contributed by atoms with Crippen LogP contribution in [0.5, 0.6) is 0 Å². The number of carbonyl (C=O) groups is 2. The summed E-state index contributed by atoms with van der Waals surface area (Å²) in [6, 6.07) is 9.57. The molecule has 0 atom stereocenters. The van der Waals surface area contributed by atoms with E-state index in [4.69, 9.17) is 9.47 Å². The van der Waals surface area contributed by atoms with Crippen molar-refractivity contribution in [1.82, 2.24) is 15.1 Å². The summed E-state index contributed by atoms with van der Waals surface area (Å²) in [6.45, 7) is 8.46. The SMILES string of the molecule is CN(CCN1CCC(O)(CNC(=O)OC(C)(C)C)CC1)C(=O)OCc1ccccc1. The van der Waals surface area contributed by atoms with Gasteiger partial charge in [-0.1, -0.05) is 30.3 Å². The van der Waals surface area contributed by atoms with Gasteiger partial charge in [0.15, 0.2) is 0 Å². The molecule has 1 aromatic carbocycles. The first-order chi connectivity index (χ1) is 14.1. The lowest BCUT2D eigenvalue weighted by atomic mass is 9.91. The normalized spacial score (nSPS) is 16.6. The van der Waals surface area contributed by atoms with Crippen LogP contribution >= 0.6 is 0 Å². The molecule has 0 radical (unpaired) electrons. The molecule has 2 N–H and O–H groups in total. The highest BCUT2D eigenvalue weighted by Gasteiger charge is 2.33. The monoisotopic (exact) mass is 421 g/mol. The molecule has 1 aliphatic heterocycles. The van der Waals surface area contributed by atoms with Crippen molar-refractivity contribution in [1.29, 1.82) is 0 Å². The van der Waals surface area contributed by atoms with Crippen molar-refractivity contribution < 1.29 is 24.2 Å². The summed E-state index contributed by atoms with van der Waals surface area (Å²) in [4.78, 5) is 27.7. The van der Waals surface area contributed by atoms with E-state index in [1.54, 1.807) is 32.7 Å². The maximum atomic E-state index is 12.1. The number of benzene rings is 1. The van der Waals surface area contributed by atoms with Gasteiger partial charge >= 0.3 is 12.2 Å². The van der Waals surface area contributed by atoms with E-state index in [2.05, 4.69) is 10.2 Å². The molecule has 1 heterocycles. The maximum Gasteiger partial charge on any atom is 0.409 e. The highest BCUT2D eigenvalue weighted by atomic mass is 16.6. The van der Waals surface area contributed by atoms with E-state index in [1.165, 1.54) is 0 Å². The lowest BCUT2D eigenvalue weighted by Crippen LogP contribution is -2.52. The third kappa shape index (κ3) is 8.59. The zero-order chi connectivity index (χ0) is 22.2. The minimum absolute atomic E-state index is 0.168. The standard InChI is InChI=1S/C22H35N3O5/c1-21(2,3)30-19(26)23-17-22(28)10-12-25(13-11-22)15-14-24(4)20(27)29-16-18-8-6-5-7-9-18/h5-9,28H,10-17H2,1-4H3,(H,23,26). The molecule has 2 amide bonds. The number of likely N-dealkylation sites (tertiary alicyclic amines) is 1. The van der Waals surface area contributed by atoms with Gasteiger partial charge in [0.2, 0.25) is 0 Å². The zero-order valence-electron chi connectivity index (χ0n) is 18.5. The Hall–Kier alpha value is -2.32. The van der Waals surface area contributed by atoms with Crippen molar-refractivity contribution >= 4 is 12.2 Å². The summed E-state index contributed by atoms with van der Waals surface area (Å²) in [5, 5.41) is 13.4. The van der Waals surface area contributed by atoms with E-state index < -0.39 is 17.3 Å². The second kappa shape index (κ2) is 10.6. The number of ether oxygens (including phenoxy) is 2. The zero-order valence-corrected chi connectivity index (χ0v) is 18.5. The number of nitrogens with one attached hydrogen (secondary N) is 1. The van der Waals surface area contributed by atoms with E-state index in [0.29, 0.717) is 39.0 Å². The molecule has 0 saturated carbocycles. The Morgan fingerprint density at radius 3 is 2.43 bits per heavy atom. The van der Waals surface area contributed by atoms with Gasteiger partial charge in [0.25, 0.3) is 0 Å². The van der Waals surface area contributed by atoms with Crippen LogP contribution in [0.3, 0.4) is 0 Å². The molecule has 2 rings (SSSR count). The minimum atomic E-state index is -0.937. The second-order valence-corrected chi connectivity index (χ2v) is 8.88. The molecule has 0 spiro atoms. The molecule has 1 aromatic rings. The summed E-state index contributed by atoms with van der Waals surface area (Å²) in [5.74, 6) is 0. The predicted molar refractivity (Wildman–Crippen MR) is 114 cm³/mol. The van der Waals surface area contributed by atoms with E-state index >= 15 is 0 Å². The number of nitrogens with zero attached hydrogens (tertiary/aromatic N) is 2. The number of amides is 2. The van der Waals surface area contributed by atoms with Gasteiger partial charge in [0.05, 0.1) is 5.60 Å². The Labute approximate surface area is 179 Å². The molecule has 0 unspecified atom stereocenters. The van der Waals surface area contributed by atoms with E-state index in [-0.39, 0.29) is 19.2 Å². The molecule has 168 valence electrons. The van der Waals surface area contributed by atoms with Crippen LogP contribution in [0.15, 0.2) is 30.3 Å². The molecule has 30 heavy (non-hydrogen) atoms. The summed E-state index contributed by atoms with van der Waals surface area (Å²) < 4.78 is 10.5. The van der Waals surface area contributed by atoms with Crippen LogP contribution in [0.25, 0.3) is 0 Å². The topological polar surface area (TPSA) is 91.3 Å². The largest absolute Gasteiger partial charge is 0.445 e. The third-order valence-electron chi connectivity index (χ3n) is 5.02. The van der Waals surface area contributed by atoms with Crippen molar-refractivity contribution in [3.63, 3.8) is 0 Å². The molecule has 0 bridgehead atoms. The van der Waals surface area contributed by atoms with Crippen LogP contribution in [0.4, 0.5) is 9.59 Å². The van der Waals surface area contributed by atoms with E-state index in [1.807, 2.05) is 30.3 Å². The second-order valence-electron chi connectivity index (χ2n) is 8.88. The summed E-state index contributed by atoms with van der Waals surface area (Å²) in [6.07, 6.45) is 0.221. The minimum Gasteiger partial charge on any atom is -0.445 e. The number of alkyl carbamates (subject to hydrolysis) is 1. The van der Waals surface area contributed by atoms with Gasteiger partial charge in [0, 0.05) is 39.8 Å². The average molecular weight is 422 g/mol. The number of carbonyl (C=O) groups excluding carboxylic acids is 2. The number of likely N-dealkylation sites (N-methyl/N-ethyl adjacent to an activating group) is 1. The molecule has 1 saturated heterocycles. The molecular weight excluding hydrogens is 386 g/mol. The lowest BCUT2D eigenvalue weighted by molar-refractivity contribution is -0.0238.